The van der Waals surface area contributed by atoms with E-state index in [9.17, 15) is 15.2 Å². The predicted octanol–water partition coefficient (Wildman–Crippen LogP) is 4.79. The fourth-order valence-corrected chi connectivity index (χ4v) is 3.04. The number of nitriles is 1. The lowest BCUT2D eigenvalue weighted by atomic mass is 10.2. The molecule has 0 aliphatic carbocycles. The van der Waals surface area contributed by atoms with Crippen LogP contribution < -0.4 is 4.74 Å². The highest BCUT2D eigenvalue weighted by molar-refractivity contribution is 5.90. The van der Waals surface area contributed by atoms with Gasteiger partial charge in [0.05, 0.1) is 16.6 Å². The second-order valence-corrected chi connectivity index (χ2v) is 6.91. The summed E-state index contributed by atoms with van der Waals surface area (Å²) in [5, 5.41) is 19.7. The standard InChI is InChI=1S/C25H19N3O4/c26-14-20(24-27-21-8-4-5-9-22(21)28-24)23(29)16-32-25(30)18-10-12-19(13-11-18)31-15-17-6-2-1-3-7-17/h1-13,29H,15-16H2,(H,27,28)/b23-20-. The van der Waals surface area contributed by atoms with Gasteiger partial charge in [-0.2, -0.15) is 5.26 Å². The van der Waals surface area contributed by atoms with Crippen LogP contribution in [0.25, 0.3) is 16.6 Å². The van der Waals surface area contributed by atoms with E-state index in [1.165, 1.54) is 0 Å². The first-order valence-electron chi connectivity index (χ1n) is 9.85. The number of aliphatic hydroxyl groups excluding tert-OH is 1. The number of para-hydroxylation sites is 2. The van der Waals surface area contributed by atoms with E-state index in [1.54, 1.807) is 30.3 Å². The number of aliphatic hydroxyl groups is 1. The van der Waals surface area contributed by atoms with Gasteiger partial charge in [0.2, 0.25) is 0 Å². The van der Waals surface area contributed by atoms with Crippen molar-refractivity contribution in [3.8, 4) is 11.8 Å². The van der Waals surface area contributed by atoms with Crippen LogP contribution in [0.4, 0.5) is 0 Å². The highest BCUT2D eigenvalue weighted by Gasteiger charge is 2.15. The van der Waals surface area contributed by atoms with Crippen molar-refractivity contribution in [1.29, 1.82) is 5.26 Å². The average Bonchev–Trinajstić information content (AvgIpc) is 3.26. The van der Waals surface area contributed by atoms with E-state index in [-0.39, 0.29) is 17.2 Å². The molecule has 0 bridgehead atoms. The molecule has 7 heteroatoms. The molecule has 0 unspecified atom stereocenters. The molecule has 1 aromatic heterocycles. The molecule has 2 N–H and O–H groups in total. The van der Waals surface area contributed by atoms with Crippen molar-refractivity contribution < 1.29 is 19.4 Å². The first-order valence-corrected chi connectivity index (χ1v) is 9.85. The third-order valence-corrected chi connectivity index (χ3v) is 4.70. The van der Waals surface area contributed by atoms with Crippen molar-refractivity contribution in [2.24, 2.45) is 0 Å². The number of benzene rings is 3. The molecule has 0 aliphatic rings. The van der Waals surface area contributed by atoms with Gasteiger partial charge in [-0.1, -0.05) is 42.5 Å². The van der Waals surface area contributed by atoms with Crippen molar-refractivity contribution in [1.82, 2.24) is 9.97 Å². The number of hydrogen-bond donors (Lipinski definition) is 2. The molecule has 158 valence electrons. The van der Waals surface area contributed by atoms with Gasteiger partial charge in [0.1, 0.15) is 30.6 Å². The van der Waals surface area contributed by atoms with Crippen molar-refractivity contribution in [3.05, 3.63) is 102 Å². The van der Waals surface area contributed by atoms with Crippen LogP contribution in [0.1, 0.15) is 21.7 Å². The van der Waals surface area contributed by atoms with Gasteiger partial charge in [0, 0.05) is 0 Å². The summed E-state index contributed by atoms with van der Waals surface area (Å²) in [5.41, 5.74) is 2.64. The summed E-state index contributed by atoms with van der Waals surface area (Å²) in [4.78, 5) is 19.6. The Morgan fingerprint density at radius 3 is 2.44 bits per heavy atom. The molecule has 0 spiro atoms. The molecule has 4 aromatic rings. The van der Waals surface area contributed by atoms with Crippen molar-refractivity contribution in [2.75, 3.05) is 6.61 Å². The third kappa shape index (κ3) is 4.77. The Balaban J connectivity index is 1.38. The van der Waals surface area contributed by atoms with Gasteiger partial charge >= 0.3 is 5.97 Å². The Kier molecular flexibility index (Phi) is 6.14. The maximum absolute atomic E-state index is 12.3. The number of esters is 1. The minimum Gasteiger partial charge on any atom is -0.507 e. The summed E-state index contributed by atoms with van der Waals surface area (Å²) in [7, 11) is 0. The topological polar surface area (TPSA) is 108 Å². The van der Waals surface area contributed by atoms with Crippen LogP contribution in [0, 0.1) is 11.3 Å². The highest BCUT2D eigenvalue weighted by atomic mass is 16.5. The number of hydrogen-bond acceptors (Lipinski definition) is 6. The second-order valence-electron chi connectivity index (χ2n) is 6.91. The molecular formula is C25H19N3O4. The van der Waals surface area contributed by atoms with E-state index in [4.69, 9.17) is 9.47 Å². The Bertz CT molecular complexity index is 1270. The Hall–Kier alpha value is -4.57. The fraction of sp³-hybridized carbons (Fsp3) is 0.0800. The zero-order valence-corrected chi connectivity index (χ0v) is 17.0. The van der Waals surface area contributed by atoms with E-state index >= 15 is 0 Å². The summed E-state index contributed by atoms with van der Waals surface area (Å²) in [5.74, 6) is -0.192. The summed E-state index contributed by atoms with van der Waals surface area (Å²) < 4.78 is 10.9. The number of nitrogens with one attached hydrogen (secondary N) is 1. The number of fused-ring (bicyclic) bond motifs is 1. The number of nitrogens with zero attached hydrogens (tertiary/aromatic N) is 2. The number of ether oxygens (including phenoxy) is 2. The Labute approximate surface area is 184 Å². The quantitative estimate of drug-likeness (QED) is 0.250. The van der Waals surface area contributed by atoms with E-state index in [0.29, 0.717) is 23.4 Å². The molecule has 0 fully saturated rings. The minimum atomic E-state index is -0.631. The lowest BCUT2D eigenvalue weighted by Crippen LogP contribution is -2.09. The van der Waals surface area contributed by atoms with Crippen molar-refractivity contribution >= 4 is 22.6 Å². The molecule has 0 aliphatic heterocycles. The van der Waals surface area contributed by atoms with Gasteiger partial charge in [-0.25, -0.2) is 9.78 Å². The SMILES string of the molecule is N#C/C(=C(/O)COC(=O)c1ccc(OCc2ccccc2)cc1)c1nc2ccccc2[nH]1. The maximum Gasteiger partial charge on any atom is 0.338 e. The normalized spacial score (nSPS) is 11.5. The molecule has 0 saturated carbocycles. The number of H-pyrrole nitrogens is 1. The first-order chi connectivity index (χ1) is 15.6. The van der Waals surface area contributed by atoms with Gasteiger partial charge < -0.3 is 19.6 Å². The Morgan fingerprint density at radius 1 is 1.00 bits per heavy atom. The molecular weight excluding hydrogens is 406 g/mol. The summed E-state index contributed by atoms with van der Waals surface area (Å²) in [6.45, 7) is -0.0347. The maximum atomic E-state index is 12.3. The monoisotopic (exact) mass is 425 g/mol. The molecule has 0 atom stereocenters. The molecule has 3 aromatic carbocycles. The van der Waals surface area contributed by atoms with E-state index in [2.05, 4.69) is 9.97 Å². The highest BCUT2D eigenvalue weighted by Crippen LogP contribution is 2.19. The van der Waals surface area contributed by atoms with E-state index < -0.39 is 12.6 Å². The number of carbonyl (C=O) groups is 1. The molecule has 32 heavy (non-hydrogen) atoms. The molecule has 0 amide bonds. The molecule has 4 rings (SSSR count). The van der Waals surface area contributed by atoms with Gasteiger partial charge in [0.15, 0.2) is 11.6 Å². The minimum absolute atomic E-state index is 0.0846. The van der Waals surface area contributed by atoms with Crippen LogP contribution in [0.2, 0.25) is 0 Å². The summed E-state index contributed by atoms with van der Waals surface area (Å²) in [6, 6.07) is 25.4. The first kappa shape index (κ1) is 20.7. The van der Waals surface area contributed by atoms with Crippen LogP contribution in [-0.4, -0.2) is 27.7 Å². The third-order valence-electron chi connectivity index (χ3n) is 4.70. The lowest BCUT2D eigenvalue weighted by Gasteiger charge is -2.08. The zero-order valence-electron chi connectivity index (χ0n) is 17.0. The number of aromatic nitrogens is 2. The zero-order chi connectivity index (χ0) is 22.3. The molecule has 1 heterocycles. The number of rotatable bonds is 7. The summed E-state index contributed by atoms with van der Waals surface area (Å²) in [6.07, 6.45) is 0. The Morgan fingerprint density at radius 2 is 1.72 bits per heavy atom. The van der Waals surface area contributed by atoms with Crippen molar-refractivity contribution in [2.45, 2.75) is 6.61 Å². The van der Waals surface area contributed by atoms with Gasteiger partial charge in [-0.05, 0) is 42.0 Å². The predicted molar refractivity (Wildman–Crippen MR) is 119 cm³/mol. The molecule has 7 nitrogen and oxygen atoms in total. The van der Waals surface area contributed by atoms with Crippen LogP contribution in [0.5, 0.6) is 5.75 Å². The lowest BCUT2D eigenvalue weighted by molar-refractivity contribution is 0.0502. The second kappa shape index (κ2) is 9.49. The van der Waals surface area contributed by atoms with Gasteiger partial charge in [-0.15, -0.1) is 0 Å². The largest absolute Gasteiger partial charge is 0.507 e. The summed E-state index contributed by atoms with van der Waals surface area (Å²) >= 11 is 0. The number of allylic oxidation sites excluding steroid dienone is 1. The van der Waals surface area contributed by atoms with Crippen LogP contribution in [0.15, 0.2) is 84.6 Å². The van der Waals surface area contributed by atoms with Gasteiger partial charge in [0.25, 0.3) is 0 Å². The van der Waals surface area contributed by atoms with E-state index in [1.807, 2.05) is 54.6 Å². The van der Waals surface area contributed by atoms with Crippen LogP contribution in [0.3, 0.4) is 0 Å². The van der Waals surface area contributed by atoms with Crippen molar-refractivity contribution in [3.63, 3.8) is 0 Å². The molecule has 0 radical (unpaired) electrons. The van der Waals surface area contributed by atoms with Gasteiger partial charge in [-0.3, -0.25) is 0 Å². The molecule has 0 saturated heterocycles. The smallest absolute Gasteiger partial charge is 0.338 e. The van der Waals surface area contributed by atoms with E-state index in [0.717, 1.165) is 11.1 Å². The van der Waals surface area contributed by atoms with Crippen LogP contribution >= 0.6 is 0 Å². The fourth-order valence-electron chi connectivity index (χ4n) is 3.04. The average molecular weight is 425 g/mol. The number of carbonyl (C=O) groups excluding carboxylic acids is 1. The number of aromatic amines is 1. The number of imidazole rings is 1. The van der Waals surface area contributed by atoms with Crippen LogP contribution in [-0.2, 0) is 11.3 Å².